The van der Waals surface area contributed by atoms with Crippen LogP contribution >= 0.6 is 0 Å². The molecule has 0 fully saturated rings. The molecule has 0 spiro atoms. The Morgan fingerprint density at radius 3 is 2.65 bits per heavy atom. The lowest BCUT2D eigenvalue weighted by Gasteiger charge is -2.12. The number of pyridine rings is 2. The Morgan fingerprint density at radius 1 is 1.02 bits per heavy atom. The zero-order valence-electron chi connectivity index (χ0n) is 23.3. The van der Waals surface area contributed by atoms with Gasteiger partial charge in [0, 0.05) is 41.4 Å². The van der Waals surface area contributed by atoms with Crippen LogP contribution in [0.5, 0.6) is 0 Å². The molecule has 0 aliphatic rings. The third kappa shape index (κ3) is 5.62. The molecule has 6 aromatic rings. The highest BCUT2D eigenvalue weighted by atomic mass is 32.2. The molecule has 1 unspecified atom stereocenters. The van der Waals surface area contributed by atoms with Crippen molar-refractivity contribution < 1.29 is 17.6 Å². The summed E-state index contributed by atoms with van der Waals surface area (Å²) >= 11 is 0. The Hall–Kier alpha value is -4.94. The molecule has 4 aromatic heterocycles. The van der Waals surface area contributed by atoms with Gasteiger partial charge in [-0.05, 0) is 77.2 Å². The summed E-state index contributed by atoms with van der Waals surface area (Å²) in [7, 11) is -3.64. The van der Waals surface area contributed by atoms with Gasteiger partial charge in [0.25, 0.3) is 0 Å². The van der Waals surface area contributed by atoms with E-state index in [-0.39, 0.29) is 11.5 Å². The van der Waals surface area contributed by atoms with Crippen molar-refractivity contribution in [3.63, 3.8) is 0 Å². The molecule has 0 bridgehead atoms. The maximum Gasteiger partial charge on any atom is 0.224 e. The maximum atomic E-state index is 14.7. The number of rotatable bonds is 8. The molecule has 6 rings (SSSR count). The molecule has 12 heteroatoms. The zero-order valence-corrected chi connectivity index (χ0v) is 24.2. The van der Waals surface area contributed by atoms with Crippen molar-refractivity contribution in [3.8, 4) is 33.6 Å². The summed E-state index contributed by atoms with van der Waals surface area (Å²) in [6.45, 7) is 1.95. The van der Waals surface area contributed by atoms with Gasteiger partial charge in [0.15, 0.2) is 9.84 Å². The summed E-state index contributed by atoms with van der Waals surface area (Å²) in [6, 6.07) is 15.4. The van der Waals surface area contributed by atoms with Crippen LogP contribution in [0.15, 0.2) is 73.2 Å². The molecule has 218 valence electrons. The van der Waals surface area contributed by atoms with Gasteiger partial charge >= 0.3 is 0 Å². The van der Waals surface area contributed by atoms with Crippen LogP contribution in [-0.4, -0.2) is 45.7 Å². The quantitative estimate of drug-likeness (QED) is 0.175. The van der Waals surface area contributed by atoms with Crippen molar-refractivity contribution in [1.29, 1.82) is 0 Å². The van der Waals surface area contributed by atoms with Crippen LogP contribution in [-0.2, 0) is 14.6 Å². The summed E-state index contributed by atoms with van der Waals surface area (Å²) in [5, 5.41) is 10.7. The van der Waals surface area contributed by atoms with Crippen LogP contribution in [0.1, 0.15) is 30.7 Å². The fourth-order valence-corrected chi connectivity index (χ4v) is 5.73. The van der Waals surface area contributed by atoms with E-state index >= 15 is 0 Å². The van der Waals surface area contributed by atoms with Gasteiger partial charge in [-0.2, -0.15) is 5.10 Å². The van der Waals surface area contributed by atoms with Gasteiger partial charge in [0.2, 0.25) is 5.91 Å². The Kier molecular flexibility index (Phi) is 7.24. The van der Waals surface area contributed by atoms with Gasteiger partial charge < -0.3 is 16.0 Å². The normalized spacial score (nSPS) is 12.6. The number of benzene rings is 2. The van der Waals surface area contributed by atoms with E-state index in [0.717, 1.165) is 40.8 Å². The van der Waals surface area contributed by atoms with Gasteiger partial charge in [-0.1, -0.05) is 13.0 Å². The van der Waals surface area contributed by atoms with E-state index in [4.69, 9.17) is 5.73 Å². The second-order valence-electron chi connectivity index (χ2n) is 10.4. The lowest BCUT2D eigenvalue weighted by atomic mass is 10.0. The second-order valence-corrected chi connectivity index (χ2v) is 12.6. The molecule has 1 amide bonds. The van der Waals surface area contributed by atoms with Gasteiger partial charge in [-0.3, -0.25) is 14.9 Å². The van der Waals surface area contributed by atoms with E-state index < -0.39 is 21.0 Å². The number of nitrogens with zero attached hydrogens (tertiary/aromatic N) is 3. The van der Waals surface area contributed by atoms with E-state index in [9.17, 15) is 17.6 Å². The maximum absolute atomic E-state index is 14.7. The Morgan fingerprint density at radius 2 is 1.86 bits per heavy atom. The summed E-state index contributed by atoms with van der Waals surface area (Å²) in [5.41, 5.74) is 12.2. The average Bonchev–Trinajstić information content (AvgIpc) is 3.60. The predicted octanol–water partition coefficient (Wildman–Crippen LogP) is 5.71. The number of aromatic amines is 2. The van der Waals surface area contributed by atoms with Crippen LogP contribution in [0, 0.1) is 5.82 Å². The molecule has 0 saturated heterocycles. The molecule has 0 radical (unpaired) electrons. The molecule has 0 aliphatic carbocycles. The zero-order chi connectivity index (χ0) is 30.3. The number of carbonyl (C=O) groups excluding carboxylic acids is 1. The van der Waals surface area contributed by atoms with Crippen molar-refractivity contribution in [3.05, 3.63) is 84.6 Å². The van der Waals surface area contributed by atoms with Crippen molar-refractivity contribution >= 4 is 43.4 Å². The van der Waals surface area contributed by atoms with Gasteiger partial charge in [0.1, 0.15) is 22.5 Å². The molecule has 10 nitrogen and oxygen atoms in total. The summed E-state index contributed by atoms with van der Waals surface area (Å²) in [5.74, 6) is -0.657. The molecule has 2 aromatic carbocycles. The van der Waals surface area contributed by atoms with E-state index in [2.05, 4.69) is 30.5 Å². The third-order valence-corrected chi connectivity index (χ3v) is 8.40. The summed E-state index contributed by atoms with van der Waals surface area (Å²) in [4.78, 5) is 24.2. The number of aromatic nitrogens is 5. The predicted molar refractivity (Wildman–Crippen MR) is 165 cm³/mol. The van der Waals surface area contributed by atoms with Crippen LogP contribution in [0.4, 0.5) is 10.1 Å². The fraction of sp³-hybridized carbons (Fsp3) is 0.161. The first-order valence-corrected chi connectivity index (χ1v) is 15.5. The lowest BCUT2D eigenvalue weighted by Crippen LogP contribution is -2.20. The number of sulfone groups is 1. The molecule has 4 heterocycles. The molecular weight excluding hydrogens is 569 g/mol. The SMILES string of the molecule is CCCC(=O)Nc1cncc(-c2ccc3[nH]nc(-c4cc5c(-c6cc(F)cc(C(N)S(C)(=O)=O)c6)ccnc5[nH]4)c3c2)c1. The molecule has 1 atom stereocenters. The van der Waals surface area contributed by atoms with Crippen LogP contribution in [0.25, 0.3) is 55.6 Å². The van der Waals surface area contributed by atoms with Crippen molar-refractivity contribution in [2.45, 2.75) is 25.1 Å². The number of hydrogen-bond acceptors (Lipinski definition) is 7. The van der Waals surface area contributed by atoms with E-state index in [1.165, 1.54) is 6.07 Å². The van der Waals surface area contributed by atoms with E-state index in [1.54, 1.807) is 30.7 Å². The lowest BCUT2D eigenvalue weighted by molar-refractivity contribution is -0.116. The van der Waals surface area contributed by atoms with Crippen molar-refractivity contribution in [2.75, 3.05) is 11.6 Å². The minimum atomic E-state index is -3.64. The highest BCUT2D eigenvalue weighted by Gasteiger charge is 2.21. The minimum Gasteiger partial charge on any atom is -0.338 e. The number of halogens is 1. The molecule has 5 N–H and O–H groups in total. The molecular formula is C31H28FN7O3S. The van der Waals surface area contributed by atoms with E-state index in [0.29, 0.717) is 45.7 Å². The second kappa shape index (κ2) is 11.0. The number of amides is 1. The molecule has 0 saturated carbocycles. The number of carbonyl (C=O) groups is 1. The third-order valence-electron chi connectivity index (χ3n) is 7.20. The highest BCUT2D eigenvalue weighted by molar-refractivity contribution is 7.90. The standard InChI is InChI=1S/C31H28FN7O3S/c1-3-4-28(40)36-22-12-20(15-34-16-22)17-5-6-26-25(13-17)29(39-38-26)27-14-24-23(7-8-35-31(24)37-27)18-9-19(11-21(32)10-18)30(33)43(2,41)42/h5-16,30H,3-4,33H2,1-2H3,(H,35,37)(H,36,40)(H,38,39). The van der Waals surface area contributed by atoms with Crippen molar-refractivity contribution in [2.24, 2.45) is 5.73 Å². The number of anilines is 1. The summed E-state index contributed by atoms with van der Waals surface area (Å²) in [6.07, 6.45) is 7.15. The average molecular weight is 598 g/mol. The topological polar surface area (TPSA) is 160 Å². The fourth-order valence-electron chi connectivity index (χ4n) is 5.10. The van der Waals surface area contributed by atoms with Crippen LogP contribution in [0.2, 0.25) is 0 Å². The first-order valence-electron chi connectivity index (χ1n) is 13.6. The van der Waals surface area contributed by atoms with Gasteiger partial charge in [-0.15, -0.1) is 0 Å². The van der Waals surface area contributed by atoms with Gasteiger partial charge in [0.05, 0.1) is 23.1 Å². The van der Waals surface area contributed by atoms with Crippen LogP contribution in [0.3, 0.4) is 0 Å². The largest absolute Gasteiger partial charge is 0.338 e. The Labute approximate surface area is 246 Å². The first-order chi connectivity index (χ1) is 20.6. The number of hydrogen-bond donors (Lipinski definition) is 4. The number of nitrogens with two attached hydrogens (primary N) is 1. The monoisotopic (exact) mass is 597 g/mol. The number of nitrogens with one attached hydrogen (secondary N) is 3. The molecule has 43 heavy (non-hydrogen) atoms. The number of fused-ring (bicyclic) bond motifs is 2. The van der Waals surface area contributed by atoms with Crippen LogP contribution < -0.4 is 11.1 Å². The van der Waals surface area contributed by atoms with E-state index in [1.807, 2.05) is 37.3 Å². The summed E-state index contributed by atoms with van der Waals surface area (Å²) < 4.78 is 38.8. The Balaban J connectivity index is 1.40. The highest BCUT2D eigenvalue weighted by Crippen LogP contribution is 2.36. The number of H-pyrrole nitrogens is 2. The Bertz CT molecular complexity index is 2120. The van der Waals surface area contributed by atoms with Crippen molar-refractivity contribution in [1.82, 2.24) is 25.1 Å². The minimum absolute atomic E-state index is 0.0616. The first kappa shape index (κ1) is 28.2. The smallest absolute Gasteiger partial charge is 0.224 e. The van der Waals surface area contributed by atoms with Gasteiger partial charge in [-0.25, -0.2) is 17.8 Å². The molecule has 0 aliphatic heterocycles.